The number of rotatable bonds is 4. The summed E-state index contributed by atoms with van der Waals surface area (Å²) in [5, 5.41) is 8.34. The standard InChI is InChI=1S/C26H16F7N5O/c1-37(12-14-9-16(25(28,29)30)11-17(10-14)26(31,32)33)24(39)22-20(15-4-6-18(27)7-5-15)19-3-2-8-34-21(19)23-36-35-13-38(22)23/h2-11,13H,12H2,1H3. The Labute approximate surface area is 215 Å². The first kappa shape index (κ1) is 26.1. The Morgan fingerprint density at radius 3 is 2.21 bits per heavy atom. The van der Waals surface area contributed by atoms with Crippen LogP contribution in [0, 0.1) is 5.82 Å². The summed E-state index contributed by atoms with van der Waals surface area (Å²) >= 11 is 0. The van der Waals surface area contributed by atoms with E-state index in [9.17, 15) is 35.5 Å². The molecule has 200 valence electrons. The van der Waals surface area contributed by atoms with E-state index in [-0.39, 0.29) is 23.0 Å². The molecule has 5 aromatic rings. The van der Waals surface area contributed by atoms with Crippen LogP contribution in [0.1, 0.15) is 27.2 Å². The Morgan fingerprint density at radius 1 is 0.949 bits per heavy atom. The van der Waals surface area contributed by atoms with Crippen LogP contribution >= 0.6 is 0 Å². The Bertz CT molecular complexity index is 1680. The van der Waals surface area contributed by atoms with E-state index in [1.807, 2.05) is 0 Å². The molecule has 0 spiro atoms. The Hall–Kier alpha value is -4.55. The van der Waals surface area contributed by atoms with Gasteiger partial charge in [-0.2, -0.15) is 26.3 Å². The Balaban J connectivity index is 1.66. The molecule has 6 nitrogen and oxygen atoms in total. The monoisotopic (exact) mass is 547 g/mol. The van der Waals surface area contributed by atoms with E-state index < -0.39 is 41.7 Å². The van der Waals surface area contributed by atoms with Gasteiger partial charge in [0.05, 0.1) is 11.1 Å². The number of halogens is 7. The van der Waals surface area contributed by atoms with Gasteiger partial charge in [-0.05, 0) is 47.5 Å². The zero-order valence-corrected chi connectivity index (χ0v) is 19.8. The average molecular weight is 547 g/mol. The van der Waals surface area contributed by atoms with Crippen molar-refractivity contribution in [3.05, 3.63) is 95.3 Å². The summed E-state index contributed by atoms with van der Waals surface area (Å²) in [4.78, 5) is 19.2. The molecule has 0 unspecified atom stereocenters. The van der Waals surface area contributed by atoms with Crippen molar-refractivity contribution in [2.24, 2.45) is 0 Å². The van der Waals surface area contributed by atoms with Crippen molar-refractivity contribution in [3.8, 4) is 11.1 Å². The minimum atomic E-state index is -5.03. The molecule has 0 aliphatic rings. The van der Waals surface area contributed by atoms with Crippen LogP contribution in [0.5, 0.6) is 0 Å². The van der Waals surface area contributed by atoms with Gasteiger partial charge >= 0.3 is 12.4 Å². The summed E-state index contributed by atoms with van der Waals surface area (Å²) < 4.78 is 95.2. The fourth-order valence-electron chi connectivity index (χ4n) is 4.35. The van der Waals surface area contributed by atoms with Crippen molar-refractivity contribution < 1.29 is 35.5 Å². The first-order valence-electron chi connectivity index (χ1n) is 11.2. The van der Waals surface area contributed by atoms with Crippen LogP contribution in [0.25, 0.3) is 27.7 Å². The normalized spacial score (nSPS) is 12.3. The minimum absolute atomic E-state index is 0.0228. The molecule has 0 fully saturated rings. The average Bonchev–Trinajstić information content (AvgIpc) is 3.37. The molecule has 0 aliphatic carbocycles. The van der Waals surface area contributed by atoms with Crippen LogP contribution in [0.4, 0.5) is 30.7 Å². The maximum absolute atomic E-state index is 13.8. The maximum atomic E-state index is 13.8. The lowest BCUT2D eigenvalue weighted by Crippen LogP contribution is -2.29. The zero-order chi connectivity index (χ0) is 28.1. The molecule has 39 heavy (non-hydrogen) atoms. The van der Waals surface area contributed by atoms with Crippen LogP contribution < -0.4 is 0 Å². The lowest BCUT2D eigenvalue weighted by atomic mass is 9.97. The topological polar surface area (TPSA) is 63.4 Å². The van der Waals surface area contributed by atoms with E-state index >= 15 is 0 Å². The highest BCUT2D eigenvalue weighted by atomic mass is 19.4. The van der Waals surface area contributed by atoms with Crippen molar-refractivity contribution in [1.29, 1.82) is 0 Å². The second-order valence-corrected chi connectivity index (χ2v) is 8.73. The van der Waals surface area contributed by atoms with Crippen LogP contribution in [-0.2, 0) is 18.9 Å². The van der Waals surface area contributed by atoms with Gasteiger partial charge in [-0.3, -0.25) is 14.2 Å². The number of carbonyl (C=O) groups is 1. The van der Waals surface area contributed by atoms with E-state index in [1.165, 1.54) is 48.2 Å². The molecule has 1 amide bonds. The van der Waals surface area contributed by atoms with E-state index in [1.54, 1.807) is 12.1 Å². The Kier molecular flexibility index (Phi) is 6.24. The smallest absolute Gasteiger partial charge is 0.336 e. The third-order valence-electron chi connectivity index (χ3n) is 6.06. The highest BCUT2D eigenvalue weighted by Crippen LogP contribution is 2.37. The van der Waals surface area contributed by atoms with Gasteiger partial charge in [0.25, 0.3) is 5.91 Å². The molecule has 0 saturated heterocycles. The second-order valence-electron chi connectivity index (χ2n) is 8.73. The third kappa shape index (κ3) is 4.87. The Morgan fingerprint density at radius 2 is 1.59 bits per heavy atom. The molecule has 3 heterocycles. The molecule has 0 radical (unpaired) electrons. The molecule has 0 N–H and O–H groups in total. The minimum Gasteiger partial charge on any atom is -0.336 e. The predicted octanol–water partition coefficient (Wildman–Crippen LogP) is 6.39. The molecule has 0 atom stereocenters. The summed E-state index contributed by atoms with van der Waals surface area (Å²) in [6.07, 6.45) is -7.32. The molecule has 3 aromatic heterocycles. The number of aromatic nitrogens is 4. The van der Waals surface area contributed by atoms with Crippen LogP contribution in [0.3, 0.4) is 0 Å². The summed E-state index contributed by atoms with van der Waals surface area (Å²) in [6.45, 7) is -0.580. The van der Waals surface area contributed by atoms with Crippen molar-refractivity contribution in [2.45, 2.75) is 18.9 Å². The van der Waals surface area contributed by atoms with Gasteiger partial charge in [0.15, 0.2) is 5.65 Å². The van der Waals surface area contributed by atoms with Gasteiger partial charge in [-0.25, -0.2) is 4.39 Å². The van der Waals surface area contributed by atoms with Gasteiger partial charge in [0.2, 0.25) is 0 Å². The number of nitrogens with zero attached hydrogens (tertiary/aromatic N) is 5. The van der Waals surface area contributed by atoms with E-state index in [0.29, 0.717) is 34.2 Å². The van der Waals surface area contributed by atoms with Crippen molar-refractivity contribution in [1.82, 2.24) is 24.5 Å². The van der Waals surface area contributed by atoms with Gasteiger partial charge in [-0.1, -0.05) is 18.2 Å². The van der Waals surface area contributed by atoms with Crippen molar-refractivity contribution in [3.63, 3.8) is 0 Å². The quantitative estimate of drug-likeness (QED) is 0.245. The molecule has 13 heteroatoms. The summed E-state index contributed by atoms with van der Waals surface area (Å²) in [6, 6.07) is 9.68. The molecule has 5 rings (SSSR count). The molecule has 2 aromatic carbocycles. The van der Waals surface area contributed by atoms with Gasteiger partial charge in [0, 0.05) is 30.7 Å². The van der Waals surface area contributed by atoms with Gasteiger partial charge in [0.1, 0.15) is 23.4 Å². The van der Waals surface area contributed by atoms with E-state index in [2.05, 4.69) is 15.2 Å². The number of pyridine rings is 2. The SMILES string of the molecule is CN(Cc1cc(C(F)(F)F)cc(C(F)(F)F)c1)C(=O)c1c(-c2ccc(F)cc2)c2cccnc2c2nncn12. The molecular weight excluding hydrogens is 531 g/mol. The number of hydrogen-bond donors (Lipinski definition) is 0. The first-order valence-corrected chi connectivity index (χ1v) is 11.2. The molecule has 0 aliphatic heterocycles. The van der Waals surface area contributed by atoms with Crippen LogP contribution in [-0.4, -0.2) is 37.4 Å². The predicted molar refractivity (Wildman–Crippen MR) is 126 cm³/mol. The molecule has 0 bridgehead atoms. The first-order chi connectivity index (χ1) is 18.3. The lowest BCUT2D eigenvalue weighted by molar-refractivity contribution is -0.143. The molecule has 0 saturated carbocycles. The summed E-state index contributed by atoms with van der Waals surface area (Å²) in [7, 11) is 1.24. The summed E-state index contributed by atoms with van der Waals surface area (Å²) in [5.74, 6) is -1.28. The number of fused-ring (bicyclic) bond motifs is 3. The lowest BCUT2D eigenvalue weighted by Gasteiger charge is -2.22. The van der Waals surface area contributed by atoms with Crippen LogP contribution in [0.2, 0.25) is 0 Å². The summed E-state index contributed by atoms with van der Waals surface area (Å²) in [5.41, 5.74) is -2.09. The largest absolute Gasteiger partial charge is 0.416 e. The van der Waals surface area contributed by atoms with Crippen molar-refractivity contribution >= 4 is 22.5 Å². The third-order valence-corrected chi connectivity index (χ3v) is 6.06. The number of carbonyl (C=O) groups excluding carboxylic acids is 1. The highest BCUT2D eigenvalue weighted by molar-refractivity contribution is 6.11. The second kappa shape index (κ2) is 9.33. The van der Waals surface area contributed by atoms with E-state index in [0.717, 1.165) is 4.90 Å². The number of alkyl halides is 6. The van der Waals surface area contributed by atoms with Crippen molar-refractivity contribution in [2.75, 3.05) is 7.05 Å². The van der Waals surface area contributed by atoms with Gasteiger partial charge in [-0.15, -0.1) is 10.2 Å². The van der Waals surface area contributed by atoms with Gasteiger partial charge < -0.3 is 4.90 Å². The fourth-order valence-corrected chi connectivity index (χ4v) is 4.35. The fraction of sp³-hybridized carbons (Fsp3) is 0.154. The zero-order valence-electron chi connectivity index (χ0n) is 19.8. The number of benzene rings is 2. The number of hydrogen-bond acceptors (Lipinski definition) is 4. The molecular formula is C26H16F7N5O. The van der Waals surface area contributed by atoms with Crippen LogP contribution in [0.15, 0.2) is 67.1 Å². The number of amides is 1. The maximum Gasteiger partial charge on any atom is 0.416 e. The van der Waals surface area contributed by atoms with E-state index in [4.69, 9.17) is 0 Å². The highest BCUT2D eigenvalue weighted by Gasteiger charge is 2.37.